The Balaban J connectivity index is 0.00000192. The minimum absolute atomic E-state index is 0. The number of anilines is 1. The van der Waals surface area contributed by atoms with Crippen molar-refractivity contribution >= 4 is 24.1 Å². The summed E-state index contributed by atoms with van der Waals surface area (Å²) in [5.74, 6) is 0.305. The lowest BCUT2D eigenvalue weighted by atomic mass is 9.91. The maximum Gasteiger partial charge on any atom is 0.277 e. The van der Waals surface area contributed by atoms with Crippen LogP contribution in [0.5, 0.6) is 0 Å². The molecule has 2 aromatic rings. The van der Waals surface area contributed by atoms with Crippen LogP contribution in [0.1, 0.15) is 48.2 Å². The monoisotopic (exact) mass is 338 g/mol. The fourth-order valence-electron chi connectivity index (χ4n) is 2.68. The lowest BCUT2D eigenvalue weighted by molar-refractivity contribution is 0.102. The second-order valence-electron chi connectivity index (χ2n) is 6.93. The van der Waals surface area contributed by atoms with Crippen LogP contribution in [0.4, 0.5) is 5.82 Å². The van der Waals surface area contributed by atoms with E-state index in [1.54, 1.807) is 0 Å². The first kappa shape index (κ1) is 17.5. The molecule has 0 radical (unpaired) electrons. The normalized spacial score (nSPS) is 14.0. The number of carbonyl (C=O) groups is 1. The van der Waals surface area contributed by atoms with Gasteiger partial charge in [0.15, 0.2) is 11.5 Å². The summed E-state index contributed by atoms with van der Waals surface area (Å²) in [6, 6.07) is 1.88. The van der Waals surface area contributed by atoms with Crippen molar-refractivity contribution in [1.29, 1.82) is 0 Å². The molecule has 1 aliphatic heterocycles. The summed E-state index contributed by atoms with van der Waals surface area (Å²) < 4.78 is 0. The first-order chi connectivity index (χ1) is 10.4. The molecule has 0 aliphatic carbocycles. The highest BCUT2D eigenvalue weighted by molar-refractivity contribution is 6.03. The van der Waals surface area contributed by atoms with Crippen LogP contribution in [0.15, 0.2) is 6.07 Å². The molecule has 8 heteroatoms. The Morgan fingerprint density at radius 3 is 2.83 bits per heavy atom. The van der Waals surface area contributed by atoms with Gasteiger partial charge in [0.2, 0.25) is 0 Å². The number of aromatic nitrogens is 4. The van der Waals surface area contributed by atoms with Crippen LogP contribution in [-0.2, 0) is 19.4 Å². The zero-order chi connectivity index (χ0) is 15.7. The van der Waals surface area contributed by atoms with Crippen molar-refractivity contribution in [3.8, 4) is 0 Å². The van der Waals surface area contributed by atoms with Gasteiger partial charge in [-0.05, 0) is 11.8 Å². The summed E-state index contributed by atoms with van der Waals surface area (Å²) in [5.41, 5.74) is 3.62. The van der Waals surface area contributed by atoms with Crippen LogP contribution in [0.25, 0.3) is 0 Å². The number of aromatic amines is 2. The van der Waals surface area contributed by atoms with Crippen LogP contribution in [-0.4, -0.2) is 32.8 Å². The Hall–Kier alpha value is -1.86. The highest BCUT2D eigenvalue weighted by Gasteiger charge is 2.22. The average Bonchev–Trinajstić information content (AvgIpc) is 3.03. The number of halogens is 1. The molecule has 4 N–H and O–H groups in total. The molecule has 23 heavy (non-hydrogen) atoms. The molecule has 1 amide bonds. The number of nitrogens with zero attached hydrogens (tertiary/aromatic N) is 2. The van der Waals surface area contributed by atoms with Crippen molar-refractivity contribution in [1.82, 2.24) is 25.7 Å². The van der Waals surface area contributed by atoms with E-state index in [-0.39, 0.29) is 23.7 Å². The number of rotatable bonds is 3. The molecule has 1 aliphatic rings. The van der Waals surface area contributed by atoms with Crippen LogP contribution < -0.4 is 10.6 Å². The molecule has 3 heterocycles. The molecule has 3 rings (SSSR count). The molecule has 0 spiro atoms. The molecule has 0 unspecified atom stereocenters. The van der Waals surface area contributed by atoms with E-state index in [2.05, 4.69) is 51.8 Å². The Morgan fingerprint density at radius 1 is 1.30 bits per heavy atom. The van der Waals surface area contributed by atoms with E-state index in [0.29, 0.717) is 18.1 Å². The van der Waals surface area contributed by atoms with Gasteiger partial charge in [-0.1, -0.05) is 20.8 Å². The summed E-state index contributed by atoms with van der Waals surface area (Å²) in [4.78, 5) is 12.4. The first-order valence-corrected chi connectivity index (χ1v) is 7.55. The average molecular weight is 339 g/mol. The number of amides is 1. The van der Waals surface area contributed by atoms with Crippen LogP contribution in [0.3, 0.4) is 0 Å². The zero-order valence-electron chi connectivity index (χ0n) is 13.6. The number of nitrogens with one attached hydrogen (secondary N) is 4. The third kappa shape index (κ3) is 4.11. The van der Waals surface area contributed by atoms with E-state index >= 15 is 0 Å². The summed E-state index contributed by atoms with van der Waals surface area (Å²) >= 11 is 0. The minimum Gasteiger partial charge on any atom is -0.312 e. The summed E-state index contributed by atoms with van der Waals surface area (Å²) in [7, 11) is 0. The molecule has 0 fully saturated rings. The van der Waals surface area contributed by atoms with Gasteiger partial charge in [0.25, 0.3) is 5.91 Å². The Morgan fingerprint density at radius 2 is 2.09 bits per heavy atom. The van der Waals surface area contributed by atoms with Crippen LogP contribution >= 0.6 is 12.4 Å². The van der Waals surface area contributed by atoms with Gasteiger partial charge in [-0.2, -0.15) is 10.2 Å². The fourth-order valence-corrected chi connectivity index (χ4v) is 2.68. The van der Waals surface area contributed by atoms with Gasteiger partial charge in [0, 0.05) is 42.5 Å². The molecule has 0 saturated heterocycles. The SMILES string of the molecule is CC(C)(C)Cc1cc(NC(=O)c2n[nH]c3c2CNCC3)n[nH]1.Cl. The molecule has 7 nitrogen and oxygen atoms in total. The van der Waals surface area contributed by atoms with Gasteiger partial charge in [-0.15, -0.1) is 12.4 Å². The second kappa shape index (κ2) is 6.72. The first-order valence-electron chi connectivity index (χ1n) is 7.55. The largest absolute Gasteiger partial charge is 0.312 e. The number of hydrogen-bond acceptors (Lipinski definition) is 4. The van der Waals surface area contributed by atoms with E-state index in [0.717, 1.165) is 36.3 Å². The van der Waals surface area contributed by atoms with Crippen molar-refractivity contribution in [2.45, 2.75) is 40.2 Å². The summed E-state index contributed by atoms with van der Waals surface area (Å²) in [6.07, 6.45) is 1.74. The van der Waals surface area contributed by atoms with Gasteiger partial charge in [-0.25, -0.2) is 0 Å². The molecule has 2 aromatic heterocycles. The Labute approximate surface area is 141 Å². The van der Waals surface area contributed by atoms with Crippen molar-refractivity contribution < 1.29 is 4.79 Å². The third-order valence-corrected chi connectivity index (χ3v) is 3.61. The minimum atomic E-state index is -0.227. The molecule has 0 saturated carbocycles. The topological polar surface area (TPSA) is 98.5 Å². The van der Waals surface area contributed by atoms with Gasteiger partial charge in [-0.3, -0.25) is 15.0 Å². The highest BCUT2D eigenvalue weighted by atomic mass is 35.5. The van der Waals surface area contributed by atoms with Gasteiger partial charge in [0.05, 0.1) is 0 Å². The summed E-state index contributed by atoms with van der Waals surface area (Å²) in [6.45, 7) is 8.06. The van der Waals surface area contributed by atoms with E-state index in [1.165, 1.54) is 0 Å². The molecule has 0 atom stereocenters. The molecule has 0 bridgehead atoms. The van der Waals surface area contributed by atoms with E-state index in [9.17, 15) is 4.79 Å². The highest BCUT2D eigenvalue weighted by Crippen LogP contribution is 2.21. The molecular formula is C15H23ClN6O. The molecular weight excluding hydrogens is 316 g/mol. The van der Waals surface area contributed by atoms with E-state index < -0.39 is 0 Å². The Kier molecular flexibility index (Phi) is 5.11. The van der Waals surface area contributed by atoms with Crippen molar-refractivity contribution in [2.75, 3.05) is 11.9 Å². The van der Waals surface area contributed by atoms with E-state index in [1.807, 2.05) is 6.07 Å². The van der Waals surface area contributed by atoms with E-state index in [4.69, 9.17) is 0 Å². The van der Waals surface area contributed by atoms with Crippen molar-refractivity contribution in [3.05, 3.63) is 28.7 Å². The van der Waals surface area contributed by atoms with Gasteiger partial charge in [0.1, 0.15) is 0 Å². The maximum absolute atomic E-state index is 12.4. The Bertz CT molecular complexity index is 684. The quantitative estimate of drug-likeness (QED) is 0.688. The lowest BCUT2D eigenvalue weighted by Gasteiger charge is -2.15. The van der Waals surface area contributed by atoms with Crippen LogP contribution in [0.2, 0.25) is 0 Å². The van der Waals surface area contributed by atoms with Crippen LogP contribution in [0, 0.1) is 5.41 Å². The van der Waals surface area contributed by atoms with Gasteiger partial charge < -0.3 is 10.6 Å². The van der Waals surface area contributed by atoms with Crippen molar-refractivity contribution in [3.63, 3.8) is 0 Å². The standard InChI is InChI=1S/C15H22N6O.ClH/c1-15(2,3)7-9-6-12(20-18-9)17-14(22)13-10-8-16-5-4-11(10)19-21-13;/h6,16H,4-5,7-8H2,1-3H3,(H,19,21)(H2,17,18,20,22);1H. The maximum atomic E-state index is 12.4. The second-order valence-corrected chi connectivity index (χ2v) is 6.93. The third-order valence-electron chi connectivity index (χ3n) is 3.61. The zero-order valence-corrected chi connectivity index (χ0v) is 14.4. The number of H-pyrrole nitrogens is 2. The smallest absolute Gasteiger partial charge is 0.277 e. The van der Waals surface area contributed by atoms with Crippen molar-refractivity contribution in [2.24, 2.45) is 5.41 Å². The lowest BCUT2D eigenvalue weighted by Crippen LogP contribution is -2.25. The fraction of sp³-hybridized carbons (Fsp3) is 0.533. The predicted octanol–water partition coefficient (Wildman–Crippen LogP) is 2.04. The predicted molar refractivity (Wildman–Crippen MR) is 90.9 cm³/mol. The number of fused-ring (bicyclic) bond motifs is 1. The molecule has 0 aromatic carbocycles. The number of hydrogen-bond donors (Lipinski definition) is 4. The number of carbonyl (C=O) groups excluding carboxylic acids is 1. The summed E-state index contributed by atoms with van der Waals surface area (Å²) in [5, 5.41) is 20.3. The van der Waals surface area contributed by atoms with Gasteiger partial charge >= 0.3 is 0 Å². The molecule has 126 valence electrons.